The molecular weight excluding hydrogens is 316 g/mol. The van der Waals surface area contributed by atoms with Gasteiger partial charge >= 0.3 is 0 Å². The van der Waals surface area contributed by atoms with E-state index in [-0.39, 0.29) is 0 Å². The van der Waals surface area contributed by atoms with Gasteiger partial charge in [-0.1, -0.05) is 60.2 Å². The van der Waals surface area contributed by atoms with E-state index in [2.05, 4.69) is 28.1 Å². The zero-order valence-electron chi connectivity index (χ0n) is 12.6. The summed E-state index contributed by atoms with van der Waals surface area (Å²) in [4.78, 5) is 0. The smallest absolute Gasteiger partial charge is 0.118 e. The summed E-state index contributed by atoms with van der Waals surface area (Å²) in [6, 6.07) is 8.07. The molecule has 0 N–H and O–H groups in total. The zero-order chi connectivity index (χ0) is 14.5. The lowest BCUT2D eigenvalue weighted by molar-refractivity contribution is 0.116. The Bertz CT molecular complexity index is 324. The fraction of sp³-hybridized carbons (Fsp3) is 0.647. The molecule has 2 nitrogen and oxygen atoms in total. The van der Waals surface area contributed by atoms with Gasteiger partial charge < -0.3 is 9.47 Å². The first-order valence-electron chi connectivity index (χ1n) is 7.63. The van der Waals surface area contributed by atoms with Crippen LogP contribution in [0, 0.1) is 0 Å². The van der Waals surface area contributed by atoms with Gasteiger partial charge in [-0.15, -0.1) is 0 Å². The molecule has 0 aliphatic rings. The third-order valence-electron chi connectivity index (χ3n) is 3.35. The highest BCUT2D eigenvalue weighted by molar-refractivity contribution is 9.09. The predicted molar refractivity (Wildman–Crippen MR) is 88.8 cm³/mol. The second-order valence-electron chi connectivity index (χ2n) is 5.06. The molecule has 20 heavy (non-hydrogen) atoms. The molecule has 3 heteroatoms. The molecule has 0 atom stereocenters. The minimum Gasteiger partial charge on any atom is -0.497 e. The van der Waals surface area contributed by atoms with Gasteiger partial charge in [0.25, 0.3) is 0 Å². The van der Waals surface area contributed by atoms with E-state index in [4.69, 9.17) is 9.47 Å². The number of alkyl halides is 1. The van der Waals surface area contributed by atoms with Crippen molar-refractivity contribution in [1.29, 1.82) is 0 Å². The van der Waals surface area contributed by atoms with E-state index in [9.17, 15) is 0 Å². The van der Waals surface area contributed by atoms with Crippen molar-refractivity contribution in [2.24, 2.45) is 0 Å². The molecule has 0 heterocycles. The number of hydrogen-bond acceptors (Lipinski definition) is 2. The maximum Gasteiger partial charge on any atom is 0.118 e. The minimum absolute atomic E-state index is 0.704. The van der Waals surface area contributed by atoms with Gasteiger partial charge in [-0.2, -0.15) is 0 Å². The fourth-order valence-corrected chi connectivity index (χ4v) is 2.49. The van der Waals surface area contributed by atoms with Gasteiger partial charge in [0.15, 0.2) is 0 Å². The van der Waals surface area contributed by atoms with E-state index in [1.165, 1.54) is 50.5 Å². The van der Waals surface area contributed by atoms with Crippen molar-refractivity contribution < 1.29 is 9.47 Å². The molecular formula is C17H27BrO2. The summed E-state index contributed by atoms with van der Waals surface area (Å²) in [5, 5.41) is 1.15. The highest BCUT2D eigenvalue weighted by Crippen LogP contribution is 2.12. The third kappa shape index (κ3) is 8.60. The lowest BCUT2D eigenvalue weighted by Gasteiger charge is -2.06. The summed E-state index contributed by atoms with van der Waals surface area (Å²) in [6.45, 7) is 1.57. The van der Waals surface area contributed by atoms with Gasteiger partial charge in [0.2, 0.25) is 0 Å². The maximum absolute atomic E-state index is 5.69. The van der Waals surface area contributed by atoms with Crippen LogP contribution in [0.15, 0.2) is 24.3 Å². The van der Waals surface area contributed by atoms with Crippen LogP contribution >= 0.6 is 15.9 Å². The molecule has 0 amide bonds. The van der Waals surface area contributed by atoms with Crippen molar-refractivity contribution in [2.45, 2.75) is 51.6 Å². The summed E-state index contributed by atoms with van der Waals surface area (Å²) < 4.78 is 10.8. The first kappa shape index (κ1) is 17.5. The molecule has 0 spiro atoms. The largest absolute Gasteiger partial charge is 0.497 e. The lowest BCUT2D eigenvalue weighted by atomic mass is 10.1. The molecule has 1 rings (SSSR count). The van der Waals surface area contributed by atoms with Crippen LogP contribution in [0.4, 0.5) is 0 Å². The molecule has 0 bridgehead atoms. The average molecular weight is 343 g/mol. The van der Waals surface area contributed by atoms with Crippen molar-refractivity contribution in [3.05, 3.63) is 29.8 Å². The maximum atomic E-state index is 5.69. The van der Waals surface area contributed by atoms with Crippen LogP contribution in [0.1, 0.15) is 50.5 Å². The Morgan fingerprint density at radius 2 is 1.45 bits per heavy atom. The molecule has 1 aromatic rings. The van der Waals surface area contributed by atoms with E-state index in [0.29, 0.717) is 6.61 Å². The van der Waals surface area contributed by atoms with Gasteiger partial charge in [0, 0.05) is 11.9 Å². The Morgan fingerprint density at radius 3 is 2.05 bits per heavy atom. The second kappa shape index (κ2) is 12.2. The van der Waals surface area contributed by atoms with Crippen molar-refractivity contribution in [3.8, 4) is 5.75 Å². The van der Waals surface area contributed by atoms with Crippen LogP contribution in [0.2, 0.25) is 0 Å². The van der Waals surface area contributed by atoms with Crippen molar-refractivity contribution in [1.82, 2.24) is 0 Å². The van der Waals surface area contributed by atoms with E-state index in [0.717, 1.165) is 17.7 Å². The molecule has 0 aromatic heterocycles. The van der Waals surface area contributed by atoms with Crippen LogP contribution in [-0.2, 0) is 11.3 Å². The topological polar surface area (TPSA) is 18.5 Å². The Kier molecular flexibility index (Phi) is 10.7. The number of unbranched alkanes of at least 4 members (excludes halogenated alkanes) is 6. The fourth-order valence-electron chi connectivity index (χ4n) is 2.09. The quantitative estimate of drug-likeness (QED) is 0.377. The average Bonchev–Trinajstić information content (AvgIpc) is 2.50. The summed E-state index contributed by atoms with van der Waals surface area (Å²) in [7, 11) is 1.69. The van der Waals surface area contributed by atoms with E-state index in [1.54, 1.807) is 7.11 Å². The molecule has 114 valence electrons. The van der Waals surface area contributed by atoms with Crippen molar-refractivity contribution in [3.63, 3.8) is 0 Å². The van der Waals surface area contributed by atoms with Gasteiger partial charge in [-0.3, -0.25) is 0 Å². The second-order valence-corrected chi connectivity index (χ2v) is 5.86. The van der Waals surface area contributed by atoms with Crippen molar-refractivity contribution >= 4 is 15.9 Å². The van der Waals surface area contributed by atoms with E-state index < -0.39 is 0 Å². The number of halogens is 1. The molecule has 0 saturated heterocycles. The standard InChI is InChI=1S/C17H27BrO2/c1-19-17-11-9-16(10-12-17)15-20-14-8-6-4-2-3-5-7-13-18/h9-12H,2-8,13-15H2,1H3. The Balaban J connectivity index is 1.91. The highest BCUT2D eigenvalue weighted by Gasteiger charge is 1.96. The molecule has 0 aliphatic carbocycles. The molecule has 0 radical (unpaired) electrons. The normalized spacial score (nSPS) is 10.7. The summed E-state index contributed by atoms with van der Waals surface area (Å²) in [5.74, 6) is 0.897. The number of rotatable bonds is 12. The summed E-state index contributed by atoms with van der Waals surface area (Å²) in [5.41, 5.74) is 1.21. The Labute approximate surface area is 132 Å². The third-order valence-corrected chi connectivity index (χ3v) is 3.91. The molecule has 0 unspecified atom stereocenters. The van der Waals surface area contributed by atoms with Gasteiger partial charge in [0.1, 0.15) is 5.75 Å². The summed E-state index contributed by atoms with van der Waals surface area (Å²) in [6.07, 6.45) is 9.22. The van der Waals surface area contributed by atoms with Crippen molar-refractivity contribution in [2.75, 3.05) is 19.0 Å². The zero-order valence-corrected chi connectivity index (χ0v) is 14.2. The van der Waals surface area contributed by atoms with Crippen LogP contribution < -0.4 is 4.74 Å². The van der Waals surface area contributed by atoms with Crippen LogP contribution in [0.5, 0.6) is 5.75 Å². The Hall–Kier alpha value is -0.540. The van der Waals surface area contributed by atoms with Gasteiger partial charge in [0.05, 0.1) is 13.7 Å². The van der Waals surface area contributed by atoms with Crippen LogP contribution in [0.3, 0.4) is 0 Å². The molecule has 0 aliphatic heterocycles. The summed E-state index contributed by atoms with van der Waals surface area (Å²) >= 11 is 3.46. The first-order valence-corrected chi connectivity index (χ1v) is 8.75. The van der Waals surface area contributed by atoms with Gasteiger partial charge in [-0.25, -0.2) is 0 Å². The molecule has 0 fully saturated rings. The predicted octanol–water partition coefficient (Wildman–Crippen LogP) is 5.34. The van der Waals surface area contributed by atoms with Gasteiger partial charge in [-0.05, 0) is 30.5 Å². The number of benzene rings is 1. The molecule has 1 aromatic carbocycles. The first-order chi connectivity index (χ1) is 9.86. The SMILES string of the molecule is COc1ccc(COCCCCCCCCCBr)cc1. The number of hydrogen-bond donors (Lipinski definition) is 0. The lowest BCUT2D eigenvalue weighted by Crippen LogP contribution is -1.96. The molecule has 0 saturated carbocycles. The number of ether oxygens (including phenoxy) is 2. The van der Waals surface area contributed by atoms with Crippen LogP contribution in [-0.4, -0.2) is 19.0 Å². The van der Waals surface area contributed by atoms with E-state index >= 15 is 0 Å². The van der Waals surface area contributed by atoms with E-state index in [1.807, 2.05) is 12.1 Å². The van der Waals surface area contributed by atoms with Crippen LogP contribution in [0.25, 0.3) is 0 Å². The highest BCUT2D eigenvalue weighted by atomic mass is 79.9. The Morgan fingerprint density at radius 1 is 0.850 bits per heavy atom. The number of methoxy groups -OCH3 is 1. The monoisotopic (exact) mass is 342 g/mol. The minimum atomic E-state index is 0.704.